The topological polar surface area (TPSA) is 29.3 Å². The fourth-order valence-corrected chi connectivity index (χ4v) is 1.40. The van der Waals surface area contributed by atoms with E-state index in [0.717, 1.165) is 5.69 Å². The minimum Gasteiger partial charge on any atom is -0.397 e. The number of nitrogens with two attached hydrogens (primary N) is 1. The molecule has 0 saturated carbocycles. The van der Waals surface area contributed by atoms with Gasteiger partial charge in [-0.05, 0) is 12.1 Å². The molecule has 1 aromatic rings. The Labute approximate surface area is 81.9 Å². The Kier molecular flexibility index (Phi) is 2.70. The third kappa shape index (κ3) is 1.59. The van der Waals surface area contributed by atoms with Crippen LogP contribution in [0.2, 0.25) is 10.0 Å². The van der Waals surface area contributed by atoms with E-state index in [9.17, 15) is 0 Å². The van der Waals surface area contributed by atoms with Gasteiger partial charge >= 0.3 is 0 Å². The number of hydrogen-bond acceptors (Lipinski definition) is 2. The van der Waals surface area contributed by atoms with Crippen LogP contribution < -0.4 is 10.6 Å². The molecule has 2 nitrogen and oxygen atoms in total. The first kappa shape index (κ1) is 9.49. The number of anilines is 2. The summed E-state index contributed by atoms with van der Waals surface area (Å²) in [6.07, 6.45) is 0. The van der Waals surface area contributed by atoms with Gasteiger partial charge in [-0.25, -0.2) is 0 Å². The van der Waals surface area contributed by atoms with Gasteiger partial charge in [-0.1, -0.05) is 23.2 Å². The molecule has 0 saturated heterocycles. The summed E-state index contributed by atoms with van der Waals surface area (Å²) < 4.78 is 0. The average Bonchev–Trinajstić information content (AvgIpc) is 2.00. The Hall–Kier alpha value is -0.600. The number of rotatable bonds is 1. The van der Waals surface area contributed by atoms with Gasteiger partial charge in [-0.3, -0.25) is 0 Å². The van der Waals surface area contributed by atoms with Gasteiger partial charge in [0.15, 0.2) is 0 Å². The van der Waals surface area contributed by atoms with Crippen molar-refractivity contribution in [2.24, 2.45) is 0 Å². The molecule has 0 fully saturated rings. The van der Waals surface area contributed by atoms with Crippen LogP contribution in [-0.2, 0) is 0 Å². The van der Waals surface area contributed by atoms with Crippen molar-refractivity contribution in [2.75, 3.05) is 24.7 Å². The first-order valence-electron chi connectivity index (χ1n) is 3.45. The fraction of sp³-hybridized carbons (Fsp3) is 0.250. The van der Waals surface area contributed by atoms with E-state index in [1.807, 2.05) is 25.1 Å². The van der Waals surface area contributed by atoms with Gasteiger partial charge in [0.1, 0.15) is 0 Å². The summed E-state index contributed by atoms with van der Waals surface area (Å²) in [5.74, 6) is 0. The SMILES string of the molecule is CN(C)c1ccc(N)c(Cl)c1Cl. The van der Waals surface area contributed by atoms with E-state index in [1.54, 1.807) is 6.07 Å². The van der Waals surface area contributed by atoms with E-state index in [1.165, 1.54) is 0 Å². The standard InChI is InChI=1S/C8H10Cl2N2/c1-12(2)6-4-3-5(11)7(9)8(6)10/h3-4H,11H2,1-2H3. The summed E-state index contributed by atoms with van der Waals surface area (Å²) in [5.41, 5.74) is 6.93. The lowest BCUT2D eigenvalue weighted by molar-refractivity contribution is 1.13. The van der Waals surface area contributed by atoms with E-state index in [2.05, 4.69) is 0 Å². The molecule has 4 heteroatoms. The predicted octanol–water partition coefficient (Wildman–Crippen LogP) is 2.64. The van der Waals surface area contributed by atoms with Crippen molar-refractivity contribution < 1.29 is 0 Å². The number of benzene rings is 1. The van der Waals surface area contributed by atoms with Crippen molar-refractivity contribution in [3.63, 3.8) is 0 Å². The molecule has 0 unspecified atom stereocenters. The van der Waals surface area contributed by atoms with Crippen molar-refractivity contribution in [3.8, 4) is 0 Å². The molecule has 1 aromatic carbocycles. The zero-order valence-corrected chi connectivity index (χ0v) is 8.45. The second kappa shape index (κ2) is 3.42. The highest BCUT2D eigenvalue weighted by Gasteiger charge is 2.08. The summed E-state index contributed by atoms with van der Waals surface area (Å²) >= 11 is 11.8. The first-order chi connectivity index (χ1) is 5.54. The molecule has 12 heavy (non-hydrogen) atoms. The molecule has 0 aromatic heterocycles. The third-order valence-corrected chi connectivity index (χ3v) is 2.46. The van der Waals surface area contributed by atoms with E-state index in [-0.39, 0.29) is 0 Å². The second-order valence-electron chi connectivity index (χ2n) is 2.70. The van der Waals surface area contributed by atoms with Gasteiger partial charge in [0.25, 0.3) is 0 Å². The molecular weight excluding hydrogens is 195 g/mol. The average molecular weight is 205 g/mol. The molecule has 0 aliphatic carbocycles. The Bertz CT molecular complexity index is 297. The highest BCUT2D eigenvalue weighted by atomic mass is 35.5. The third-order valence-electron chi connectivity index (χ3n) is 1.57. The molecule has 0 aliphatic rings. The lowest BCUT2D eigenvalue weighted by Gasteiger charge is -2.15. The van der Waals surface area contributed by atoms with Crippen LogP contribution in [0.5, 0.6) is 0 Å². The summed E-state index contributed by atoms with van der Waals surface area (Å²) in [6, 6.07) is 3.58. The van der Waals surface area contributed by atoms with Gasteiger partial charge in [0, 0.05) is 14.1 Å². The minimum atomic E-state index is 0.419. The van der Waals surface area contributed by atoms with E-state index < -0.39 is 0 Å². The number of nitrogen functional groups attached to an aromatic ring is 1. The van der Waals surface area contributed by atoms with Crippen molar-refractivity contribution in [3.05, 3.63) is 22.2 Å². The number of halogens is 2. The molecule has 66 valence electrons. The van der Waals surface area contributed by atoms with Gasteiger partial charge in [-0.15, -0.1) is 0 Å². The van der Waals surface area contributed by atoms with Crippen LogP contribution in [0.4, 0.5) is 11.4 Å². The molecule has 2 N–H and O–H groups in total. The summed E-state index contributed by atoms with van der Waals surface area (Å²) in [7, 11) is 3.79. The van der Waals surface area contributed by atoms with Gasteiger partial charge < -0.3 is 10.6 Å². The summed E-state index contributed by atoms with van der Waals surface area (Å²) in [4.78, 5) is 1.88. The molecule has 0 radical (unpaired) electrons. The molecular formula is C8H10Cl2N2. The number of hydrogen-bond donors (Lipinski definition) is 1. The van der Waals surface area contributed by atoms with Gasteiger partial charge in [0.2, 0.25) is 0 Å². The zero-order valence-electron chi connectivity index (χ0n) is 6.94. The van der Waals surface area contributed by atoms with Crippen LogP contribution >= 0.6 is 23.2 Å². The summed E-state index contributed by atoms with van der Waals surface area (Å²) in [5, 5.41) is 0.921. The van der Waals surface area contributed by atoms with E-state index >= 15 is 0 Å². The zero-order chi connectivity index (χ0) is 9.30. The Morgan fingerprint density at radius 2 is 1.75 bits per heavy atom. The van der Waals surface area contributed by atoms with Crippen molar-refractivity contribution >= 4 is 34.6 Å². The smallest absolute Gasteiger partial charge is 0.0846 e. The Morgan fingerprint density at radius 3 is 2.25 bits per heavy atom. The quantitative estimate of drug-likeness (QED) is 0.714. The van der Waals surface area contributed by atoms with Crippen LogP contribution in [-0.4, -0.2) is 14.1 Å². The van der Waals surface area contributed by atoms with Gasteiger partial charge in [-0.2, -0.15) is 0 Å². The first-order valence-corrected chi connectivity index (χ1v) is 4.20. The molecule has 0 atom stereocenters. The maximum absolute atomic E-state index is 5.94. The van der Waals surface area contributed by atoms with E-state index in [0.29, 0.717) is 15.7 Å². The maximum Gasteiger partial charge on any atom is 0.0846 e. The van der Waals surface area contributed by atoms with Crippen LogP contribution in [0.15, 0.2) is 12.1 Å². The molecule has 0 heterocycles. The normalized spacial score (nSPS) is 10.0. The molecule has 0 amide bonds. The minimum absolute atomic E-state index is 0.419. The van der Waals surface area contributed by atoms with Crippen LogP contribution in [0.3, 0.4) is 0 Å². The predicted molar refractivity (Wildman–Crippen MR) is 55.2 cm³/mol. The van der Waals surface area contributed by atoms with Crippen molar-refractivity contribution in [1.29, 1.82) is 0 Å². The lowest BCUT2D eigenvalue weighted by Crippen LogP contribution is -2.09. The molecule has 1 rings (SSSR count). The second-order valence-corrected chi connectivity index (χ2v) is 3.45. The van der Waals surface area contributed by atoms with Crippen LogP contribution in [0.1, 0.15) is 0 Å². The monoisotopic (exact) mass is 204 g/mol. The largest absolute Gasteiger partial charge is 0.397 e. The fourth-order valence-electron chi connectivity index (χ4n) is 0.900. The molecule has 0 spiro atoms. The number of nitrogens with zero attached hydrogens (tertiary/aromatic N) is 1. The van der Waals surface area contributed by atoms with E-state index in [4.69, 9.17) is 28.9 Å². The lowest BCUT2D eigenvalue weighted by atomic mass is 10.2. The van der Waals surface area contributed by atoms with Gasteiger partial charge in [0.05, 0.1) is 21.4 Å². The summed E-state index contributed by atoms with van der Waals surface area (Å²) in [6.45, 7) is 0. The van der Waals surface area contributed by atoms with Crippen molar-refractivity contribution in [2.45, 2.75) is 0 Å². The highest BCUT2D eigenvalue weighted by Crippen LogP contribution is 2.35. The molecule has 0 aliphatic heterocycles. The Morgan fingerprint density at radius 1 is 1.17 bits per heavy atom. The van der Waals surface area contributed by atoms with Crippen LogP contribution in [0.25, 0.3) is 0 Å². The molecule has 0 bridgehead atoms. The Balaban J connectivity index is 3.27. The highest BCUT2D eigenvalue weighted by molar-refractivity contribution is 6.45. The van der Waals surface area contributed by atoms with Crippen LogP contribution in [0, 0.1) is 0 Å². The maximum atomic E-state index is 5.94. The van der Waals surface area contributed by atoms with Crippen molar-refractivity contribution in [1.82, 2.24) is 0 Å².